The van der Waals surface area contributed by atoms with E-state index in [1.807, 2.05) is 0 Å². The number of aromatic carboxylic acids is 1. The topological polar surface area (TPSA) is 72.8 Å². The SMILES string of the molecule is CCOC(=O)c1ccc(Oc2ccc(C(F)(F)C(F)(F)F)cc2)cc1.O=C(O)c1ccccc1. The molecular formula is C24H19F5O5. The highest BCUT2D eigenvalue weighted by Gasteiger charge is 2.58. The van der Waals surface area contributed by atoms with Gasteiger partial charge < -0.3 is 14.6 Å². The summed E-state index contributed by atoms with van der Waals surface area (Å²) in [6.45, 7) is 1.90. The summed E-state index contributed by atoms with van der Waals surface area (Å²) in [6, 6.07) is 17.4. The van der Waals surface area contributed by atoms with Crippen LogP contribution in [0.3, 0.4) is 0 Å². The number of carbonyl (C=O) groups excluding carboxylic acids is 1. The molecule has 0 unspecified atom stereocenters. The van der Waals surface area contributed by atoms with Crippen molar-refractivity contribution in [3.63, 3.8) is 0 Å². The van der Waals surface area contributed by atoms with E-state index >= 15 is 0 Å². The van der Waals surface area contributed by atoms with Crippen molar-refractivity contribution in [2.45, 2.75) is 19.0 Å². The maximum Gasteiger partial charge on any atom is 0.458 e. The van der Waals surface area contributed by atoms with Crippen molar-refractivity contribution in [3.05, 3.63) is 95.6 Å². The number of ether oxygens (including phenoxy) is 2. The smallest absolute Gasteiger partial charge is 0.458 e. The highest BCUT2D eigenvalue weighted by molar-refractivity contribution is 5.89. The fourth-order valence-corrected chi connectivity index (χ4v) is 2.49. The zero-order valence-corrected chi connectivity index (χ0v) is 17.7. The van der Waals surface area contributed by atoms with Crippen molar-refractivity contribution in [3.8, 4) is 11.5 Å². The van der Waals surface area contributed by atoms with Crippen molar-refractivity contribution in [1.29, 1.82) is 0 Å². The minimum absolute atomic E-state index is 0.0746. The molecule has 0 fully saturated rings. The van der Waals surface area contributed by atoms with Crippen molar-refractivity contribution in [1.82, 2.24) is 0 Å². The summed E-state index contributed by atoms with van der Waals surface area (Å²) in [4.78, 5) is 21.7. The molecule has 0 saturated carbocycles. The van der Waals surface area contributed by atoms with Gasteiger partial charge in [0.15, 0.2) is 0 Å². The van der Waals surface area contributed by atoms with E-state index in [2.05, 4.69) is 0 Å². The van der Waals surface area contributed by atoms with Gasteiger partial charge in [0.1, 0.15) is 11.5 Å². The zero-order valence-electron chi connectivity index (χ0n) is 17.7. The van der Waals surface area contributed by atoms with E-state index in [0.717, 1.165) is 12.1 Å². The summed E-state index contributed by atoms with van der Waals surface area (Å²) >= 11 is 0. The first-order chi connectivity index (χ1) is 16.0. The van der Waals surface area contributed by atoms with Crippen LogP contribution in [0.2, 0.25) is 0 Å². The largest absolute Gasteiger partial charge is 0.478 e. The van der Waals surface area contributed by atoms with Crippen LogP contribution >= 0.6 is 0 Å². The number of halogens is 5. The Labute approximate surface area is 191 Å². The summed E-state index contributed by atoms with van der Waals surface area (Å²) in [6.07, 6.45) is -5.67. The molecule has 1 N–H and O–H groups in total. The number of carboxylic acids is 1. The van der Waals surface area contributed by atoms with Gasteiger partial charge in [0.25, 0.3) is 0 Å². The van der Waals surface area contributed by atoms with Gasteiger partial charge in [-0.1, -0.05) is 18.2 Å². The minimum atomic E-state index is -5.67. The zero-order chi connectivity index (χ0) is 25.4. The van der Waals surface area contributed by atoms with Gasteiger partial charge in [0.05, 0.1) is 17.7 Å². The van der Waals surface area contributed by atoms with Crippen LogP contribution in [0.25, 0.3) is 0 Å². The number of alkyl halides is 5. The lowest BCUT2D eigenvalue weighted by Gasteiger charge is -2.20. The van der Waals surface area contributed by atoms with Gasteiger partial charge in [0.2, 0.25) is 0 Å². The van der Waals surface area contributed by atoms with E-state index < -0.39 is 29.6 Å². The first-order valence-electron chi connectivity index (χ1n) is 9.74. The van der Waals surface area contributed by atoms with Crippen LogP contribution in [0, 0.1) is 0 Å². The van der Waals surface area contributed by atoms with E-state index in [1.165, 1.54) is 24.3 Å². The molecule has 0 atom stereocenters. The van der Waals surface area contributed by atoms with Gasteiger partial charge in [-0.15, -0.1) is 0 Å². The number of hydrogen-bond donors (Lipinski definition) is 1. The van der Waals surface area contributed by atoms with E-state index in [9.17, 15) is 31.5 Å². The van der Waals surface area contributed by atoms with Crippen LogP contribution in [0.15, 0.2) is 78.9 Å². The van der Waals surface area contributed by atoms with Gasteiger partial charge in [-0.2, -0.15) is 22.0 Å². The predicted molar refractivity (Wildman–Crippen MR) is 112 cm³/mol. The van der Waals surface area contributed by atoms with Gasteiger partial charge in [0, 0.05) is 5.56 Å². The molecule has 5 nitrogen and oxygen atoms in total. The molecule has 0 saturated heterocycles. The molecule has 10 heteroatoms. The number of carboxylic acid groups (broad SMARTS) is 1. The maximum absolute atomic E-state index is 13.2. The van der Waals surface area contributed by atoms with Crippen LogP contribution in [0.5, 0.6) is 11.5 Å². The third-order valence-corrected chi connectivity index (χ3v) is 4.19. The monoisotopic (exact) mass is 482 g/mol. The number of benzene rings is 3. The standard InChI is InChI=1S/C17H13F5O3.C7H6O2/c1-2-24-15(23)11-3-7-13(8-4-11)25-14-9-5-12(6-10-14)16(18,19)17(20,21)22;8-7(9)6-4-2-1-3-5-6/h3-10H,2H2,1H3;1-5H,(H,8,9). The second-order valence-electron chi connectivity index (χ2n) is 6.61. The Morgan fingerprint density at radius 3 is 1.68 bits per heavy atom. The predicted octanol–water partition coefficient (Wildman–Crippen LogP) is 6.69. The van der Waals surface area contributed by atoms with Gasteiger partial charge in [-0.25, -0.2) is 9.59 Å². The second-order valence-corrected chi connectivity index (χ2v) is 6.61. The van der Waals surface area contributed by atoms with Crippen molar-refractivity contribution in [2.75, 3.05) is 6.61 Å². The van der Waals surface area contributed by atoms with Gasteiger partial charge in [-0.05, 0) is 67.6 Å². The van der Waals surface area contributed by atoms with Crippen molar-refractivity contribution < 1.29 is 46.1 Å². The fraction of sp³-hybridized carbons (Fsp3) is 0.167. The number of rotatable bonds is 6. The molecule has 0 aromatic heterocycles. The molecule has 3 rings (SSSR count). The van der Waals surface area contributed by atoms with E-state index in [1.54, 1.807) is 37.3 Å². The molecule has 3 aromatic carbocycles. The molecule has 0 aliphatic heterocycles. The molecular weight excluding hydrogens is 463 g/mol. The van der Waals surface area contributed by atoms with Crippen LogP contribution in [0.4, 0.5) is 22.0 Å². The first-order valence-corrected chi connectivity index (χ1v) is 9.74. The number of carbonyl (C=O) groups is 2. The molecule has 0 aliphatic rings. The molecule has 0 amide bonds. The third-order valence-electron chi connectivity index (χ3n) is 4.19. The Kier molecular flexibility index (Phi) is 8.71. The molecule has 3 aromatic rings. The molecule has 180 valence electrons. The summed E-state index contributed by atoms with van der Waals surface area (Å²) in [5.41, 5.74) is -0.545. The van der Waals surface area contributed by atoms with Crippen molar-refractivity contribution in [2.24, 2.45) is 0 Å². The lowest BCUT2D eigenvalue weighted by molar-refractivity contribution is -0.289. The van der Waals surface area contributed by atoms with Gasteiger partial charge in [-0.3, -0.25) is 0 Å². The third kappa shape index (κ3) is 7.03. The summed E-state index contributed by atoms with van der Waals surface area (Å²) in [5.74, 6) is -5.97. The van der Waals surface area contributed by atoms with E-state index in [-0.39, 0.29) is 18.1 Å². The Hall–Kier alpha value is -3.95. The second kappa shape index (κ2) is 11.3. The van der Waals surface area contributed by atoms with E-state index in [4.69, 9.17) is 14.6 Å². The maximum atomic E-state index is 13.2. The normalized spacial score (nSPS) is 11.1. The molecule has 0 aliphatic carbocycles. The highest BCUT2D eigenvalue weighted by atomic mass is 19.4. The average molecular weight is 482 g/mol. The number of esters is 1. The van der Waals surface area contributed by atoms with Crippen LogP contribution in [-0.4, -0.2) is 29.8 Å². The lowest BCUT2D eigenvalue weighted by atomic mass is 10.1. The van der Waals surface area contributed by atoms with E-state index in [0.29, 0.717) is 23.3 Å². The van der Waals surface area contributed by atoms with Crippen LogP contribution in [-0.2, 0) is 10.7 Å². The summed E-state index contributed by atoms with van der Waals surface area (Å²) in [5, 5.41) is 8.38. The van der Waals surface area contributed by atoms with Crippen LogP contribution < -0.4 is 4.74 Å². The lowest BCUT2D eigenvalue weighted by Crippen LogP contribution is -2.33. The molecule has 0 bridgehead atoms. The molecule has 0 radical (unpaired) electrons. The Bertz CT molecular complexity index is 1080. The highest BCUT2D eigenvalue weighted by Crippen LogP contribution is 2.44. The molecule has 34 heavy (non-hydrogen) atoms. The summed E-state index contributed by atoms with van der Waals surface area (Å²) in [7, 11) is 0. The number of hydrogen-bond acceptors (Lipinski definition) is 4. The van der Waals surface area contributed by atoms with Crippen molar-refractivity contribution >= 4 is 11.9 Å². The van der Waals surface area contributed by atoms with Crippen LogP contribution in [0.1, 0.15) is 33.2 Å². The van der Waals surface area contributed by atoms with Gasteiger partial charge >= 0.3 is 24.0 Å². The molecule has 0 spiro atoms. The quantitative estimate of drug-likeness (QED) is 0.313. The Balaban J connectivity index is 0.000000379. The fourth-order valence-electron chi connectivity index (χ4n) is 2.49. The Morgan fingerprint density at radius 1 is 0.765 bits per heavy atom. The minimum Gasteiger partial charge on any atom is -0.478 e. The summed E-state index contributed by atoms with van der Waals surface area (Å²) < 4.78 is 73.5. The first kappa shape index (κ1) is 26.3. The Morgan fingerprint density at radius 2 is 1.26 bits per heavy atom. The molecule has 0 heterocycles. The average Bonchev–Trinajstić information content (AvgIpc) is 2.80.